The molecule has 2 aliphatic rings. The first kappa shape index (κ1) is 30.1. The lowest BCUT2D eigenvalue weighted by molar-refractivity contribution is -0.154. The summed E-state index contributed by atoms with van der Waals surface area (Å²) in [6.07, 6.45) is 4.88. The minimum atomic E-state index is -0.462. The van der Waals surface area contributed by atoms with E-state index >= 15 is 0 Å². The number of rotatable bonds is 10. The molecule has 0 radical (unpaired) electrons. The number of hydrogen-bond acceptors (Lipinski definition) is 9. The Morgan fingerprint density at radius 1 is 1.12 bits per heavy atom. The predicted molar refractivity (Wildman–Crippen MR) is 163 cm³/mol. The quantitative estimate of drug-likeness (QED) is 0.331. The van der Waals surface area contributed by atoms with Crippen molar-refractivity contribution in [3.8, 4) is 17.7 Å². The second kappa shape index (κ2) is 15.2. The van der Waals surface area contributed by atoms with Gasteiger partial charge in [-0.2, -0.15) is 4.98 Å². The van der Waals surface area contributed by atoms with Gasteiger partial charge in [0, 0.05) is 48.3 Å². The van der Waals surface area contributed by atoms with Gasteiger partial charge in [0.1, 0.15) is 13.2 Å². The van der Waals surface area contributed by atoms with Gasteiger partial charge in [-0.25, -0.2) is 4.98 Å². The standard InChI is InChI=1S/C31H34ClN5O4S/c32-25-7-5-6-23(20-25)22-41-30-27(42-26-11-9-24(10-12-26)29(33)38)21-34-31(35-30)37-16-14-36(15-17-37)13-2-4-19-40-28-8-1-3-18-39-28/h5-7,9-12,20-21,28H,1,3,8,13-19,22H2,(H2,33,38). The molecule has 220 valence electrons. The largest absolute Gasteiger partial charge is 0.472 e. The normalized spacial score (nSPS) is 17.4. The number of halogens is 1. The van der Waals surface area contributed by atoms with E-state index in [0.717, 1.165) is 67.4 Å². The lowest BCUT2D eigenvalue weighted by Gasteiger charge is -2.33. The number of nitrogens with zero attached hydrogens (tertiary/aromatic N) is 4. The Balaban J connectivity index is 1.20. The van der Waals surface area contributed by atoms with Crippen LogP contribution in [0.15, 0.2) is 64.5 Å². The highest BCUT2D eigenvalue weighted by molar-refractivity contribution is 7.99. The molecule has 0 aliphatic carbocycles. The molecule has 2 fully saturated rings. The second-order valence-corrected chi connectivity index (χ2v) is 11.5. The first-order valence-corrected chi connectivity index (χ1v) is 15.2. The van der Waals surface area contributed by atoms with Gasteiger partial charge in [-0.15, -0.1) is 0 Å². The molecule has 0 saturated carbocycles. The first-order valence-electron chi connectivity index (χ1n) is 14.0. The molecule has 42 heavy (non-hydrogen) atoms. The van der Waals surface area contributed by atoms with Crippen molar-refractivity contribution in [3.05, 3.63) is 70.9 Å². The zero-order chi connectivity index (χ0) is 29.1. The highest BCUT2D eigenvalue weighted by Crippen LogP contribution is 2.35. The van der Waals surface area contributed by atoms with Crippen molar-refractivity contribution in [2.75, 3.05) is 50.8 Å². The van der Waals surface area contributed by atoms with Crippen LogP contribution in [0.5, 0.6) is 5.88 Å². The van der Waals surface area contributed by atoms with Crippen molar-refractivity contribution in [2.24, 2.45) is 5.73 Å². The van der Waals surface area contributed by atoms with Crippen LogP contribution in [0.4, 0.5) is 5.95 Å². The number of ether oxygens (including phenoxy) is 3. The Labute approximate surface area is 255 Å². The van der Waals surface area contributed by atoms with Crippen LogP contribution in [0, 0.1) is 11.8 Å². The van der Waals surface area contributed by atoms with Gasteiger partial charge in [0.25, 0.3) is 0 Å². The fourth-order valence-corrected chi connectivity index (χ4v) is 5.60. The summed E-state index contributed by atoms with van der Waals surface area (Å²) in [7, 11) is 0. The minimum Gasteiger partial charge on any atom is -0.472 e. The van der Waals surface area contributed by atoms with Crippen molar-refractivity contribution >= 4 is 35.2 Å². The van der Waals surface area contributed by atoms with E-state index in [1.807, 2.05) is 36.4 Å². The molecule has 0 spiro atoms. The number of carbonyl (C=O) groups excluding carboxylic acids is 1. The number of benzene rings is 2. The third kappa shape index (κ3) is 8.84. The van der Waals surface area contributed by atoms with Gasteiger partial charge in [-0.1, -0.05) is 47.3 Å². The topological polar surface area (TPSA) is 103 Å². The highest BCUT2D eigenvalue weighted by atomic mass is 35.5. The molecule has 2 aromatic carbocycles. The van der Waals surface area contributed by atoms with E-state index in [9.17, 15) is 4.79 Å². The van der Waals surface area contributed by atoms with Gasteiger partial charge in [0.2, 0.25) is 17.7 Å². The molecule has 1 atom stereocenters. The zero-order valence-corrected chi connectivity index (χ0v) is 24.9. The summed E-state index contributed by atoms with van der Waals surface area (Å²) in [5.41, 5.74) is 6.78. The van der Waals surface area contributed by atoms with Crippen LogP contribution in [0.2, 0.25) is 5.02 Å². The van der Waals surface area contributed by atoms with Crippen LogP contribution >= 0.6 is 23.4 Å². The monoisotopic (exact) mass is 607 g/mol. The van der Waals surface area contributed by atoms with Crippen LogP contribution in [0.25, 0.3) is 0 Å². The summed E-state index contributed by atoms with van der Waals surface area (Å²) in [5.74, 6) is 6.98. The van der Waals surface area contributed by atoms with Gasteiger partial charge in [-0.05, 0) is 61.2 Å². The average molecular weight is 608 g/mol. The van der Waals surface area contributed by atoms with Crippen molar-refractivity contribution < 1.29 is 19.0 Å². The maximum atomic E-state index is 11.5. The minimum absolute atomic E-state index is 0.108. The number of carbonyl (C=O) groups is 1. The number of anilines is 1. The van der Waals surface area contributed by atoms with E-state index < -0.39 is 5.91 Å². The van der Waals surface area contributed by atoms with E-state index in [0.29, 0.717) is 42.2 Å². The lowest BCUT2D eigenvalue weighted by atomic mass is 10.2. The fraction of sp³-hybridized carbons (Fsp3) is 0.387. The van der Waals surface area contributed by atoms with E-state index in [-0.39, 0.29) is 6.29 Å². The number of hydrogen-bond donors (Lipinski definition) is 1. The smallest absolute Gasteiger partial charge is 0.248 e. The molecular formula is C31H34ClN5O4S. The molecular weight excluding hydrogens is 574 g/mol. The van der Waals surface area contributed by atoms with Crippen LogP contribution in [-0.2, 0) is 16.1 Å². The van der Waals surface area contributed by atoms with E-state index in [1.54, 1.807) is 18.3 Å². The number of amides is 1. The molecule has 1 unspecified atom stereocenters. The summed E-state index contributed by atoms with van der Waals surface area (Å²) >= 11 is 7.63. The molecule has 2 aliphatic heterocycles. The molecule has 9 nitrogen and oxygen atoms in total. The Bertz CT molecular complexity index is 1400. The van der Waals surface area contributed by atoms with E-state index in [4.69, 9.17) is 36.5 Å². The highest BCUT2D eigenvalue weighted by Gasteiger charge is 2.21. The number of nitrogens with two attached hydrogens (primary N) is 1. The van der Waals surface area contributed by atoms with Gasteiger partial charge >= 0.3 is 0 Å². The van der Waals surface area contributed by atoms with E-state index in [2.05, 4.69) is 26.6 Å². The molecule has 0 bridgehead atoms. The van der Waals surface area contributed by atoms with E-state index in [1.165, 1.54) is 11.8 Å². The molecule has 5 rings (SSSR count). The number of primary amides is 1. The maximum Gasteiger partial charge on any atom is 0.248 e. The fourth-order valence-electron chi connectivity index (χ4n) is 4.57. The molecule has 1 aromatic heterocycles. The first-order chi connectivity index (χ1) is 20.5. The third-order valence-electron chi connectivity index (χ3n) is 6.90. The van der Waals surface area contributed by atoms with Crippen LogP contribution in [-0.4, -0.2) is 73.0 Å². The molecule has 2 N–H and O–H groups in total. The second-order valence-electron chi connectivity index (χ2n) is 9.97. The third-order valence-corrected chi connectivity index (χ3v) is 8.15. The van der Waals surface area contributed by atoms with Gasteiger partial charge in [0.15, 0.2) is 6.29 Å². The zero-order valence-electron chi connectivity index (χ0n) is 23.3. The Morgan fingerprint density at radius 3 is 2.69 bits per heavy atom. The summed E-state index contributed by atoms with van der Waals surface area (Å²) in [4.78, 5) is 27.1. The molecule has 1 amide bonds. The Kier molecular flexibility index (Phi) is 10.9. The molecule has 2 saturated heterocycles. The number of aromatic nitrogens is 2. The van der Waals surface area contributed by atoms with Gasteiger partial charge in [0.05, 0.1) is 17.6 Å². The van der Waals surface area contributed by atoms with Crippen molar-refractivity contribution in [1.29, 1.82) is 0 Å². The van der Waals surface area contributed by atoms with Crippen molar-refractivity contribution in [3.63, 3.8) is 0 Å². The van der Waals surface area contributed by atoms with Crippen LogP contribution in [0.1, 0.15) is 35.2 Å². The predicted octanol–water partition coefficient (Wildman–Crippen LogP) is 4.63. The van der Waals surface area contributed by atoms with Crippen LogP contribution in [0.3, 0.4) is 0 Å². The van der Waals surface area contributed by atoms with Crippen molar-refractivity contribution in [1.82, 2.24) is 14.9 Å². The summed E-state index contributed by atoms with van der Waals surface area (Å²) in [6, 6.07) is 14.6. The Hall–Kier alpha value is -3.33. The van der Waals surface area contributed by atoms with Gasteiger partial charge < -0.3 is 24.8 Å². The molecule has 3 heterocycles. The molecule has 3 aromatic rings. The SMILES string of the molecule is NC(=O)c1ccc(Sc2cnc(N3CCN(CC#CCOC4CCCCO4)CC3)nc2OCc2cccc(Cl)c2)cc1. The number of piperazine rings is 1. The molecule has 11 heteroatoms. The average Bonchev–Trinajstić information content (AvgIpc) is 3.01. The van der Waals surface area contributed by atoms with Gasteiger partial charge in [-0.3, -0.25) is 9.69 Å². The maximum absolute atomic E-state index is 11.5. The Morgan fingerprint density at radius 2 is 1.95 bits per heavy atom. The summed E-state index contributed by atoms with van der Waals surface area (Å²) in [5, 5.41) is 0.650. The van der Waals surface area contributed by atoms with Crippen molar-refractivity contribution in [2.45, 2.75) is 42.0 Å². The summed E-state index contributed by atoms with van der Waals surface area (Å²) in [6.45, 7) is 5.45. The van der Waals surface area contributed by atoms with Crippen LogP contribution < -0.4 is 15.4 Å². The summed E-state index contributed by atoms with van der Waals surface area (Å²) < 4.78 is 17.5. The lowest BCUT2D eigenvalue weighted by Crippen LogP contribution is -2.47.